The fourth-order valence-electron chi connectivity index (χ4n) is 3.47. The standard InChI is InChI=1S/C22H24N4O2S/c1-17-9-11-22(12-10-17)29(27,28)26-15-20-7-3-5-18(23-20)13-25(2)14-19-6-4-8-21(16-26)24-19/h3-12H,13-16H2,1-2H3. The molecule has 1 aliphatic rings. The van der Waals surface area contributed by atoms with Gasteiger partial charge in [0, 0.05) is 13.1 Å². The zero-order valence-electron chi connectivity index (χ0n) is 16.6. The third-order valence-corrected chi connectivity index (χ3v) is 6.73. The van der Waals surface area contributed by atoms with Gasteiger partial charge in [0.15, 0.2) is 0 Å². The Hall–Kier alpha value is -2.61. The zero-order valence-corrected chi connectivity index (χ0v) is 17.4. The molecule has 0 spiro atoms. The number of aromatic nitrogens is 2. The van der Waals surface area contributed by atoms with Gasteiger partial charge in [0.2, 0.25) is 10.0 Å². The topological polar surface area (TPSA) is 66.4 Å². The van der Waals surface area contributed by atoms with E-state index in [2.05, 4.69) is 4.90 Å². The van der Waals surface area contributed by atoms with Crippen LogP contribution in [0.4, 0.5) is 0 Å². The highest BCUT2D eigenvalue weighted by atomic mass is 32.2. The molecule has 7 heteroatoms. The van der Waals surface area contributed by atoms with Gasteiger partial charge in [0.05, 0.1) is 40.8 Å². The summed E-state index contributed by atoms with van der Waals surface area (Å²) in [6.07, 6.45) is 0. The first kappa shape index (κ1) is 19.7. The Morgan fingerprint density at radius 2 is 1.17 bits per heavy atom. The first-order valence-electron chi connectivity index (χ1n) is 9.55. The average Bonchev–Trinajstić information content (AvgIpc) is 2.67. The Kier molecular flexibility index (Phi) is 5.45. The minimum Gasteiger partial charge on any atom is -0.295 e. The van der Waals surface area contributed by atoms with Gasteiger partial charge < -0.3 is 0 Å². The molecule has 0 N–H and O–H groups in total. The van der Waals surface area contributed by atoms with E-state index in [-0.39, 0.29) is 18.0 Å². The number of benzene rings is 1. The van der Waals surface area contributed by atoms with Gasteiger partial charge in [-0.3, -0.25) is 14.9 Å². The van der Waals surface area contributed by atoms with Crippen LogP contribution >= 0.6 is 0 Å². The van der Waals surface area contributed by atoms with Crippen molar-refractivity contribution in [3.8, 4) is 0 Å². The minimum atomic E-state index is -3.70. The van der Waals surface area contributed by atoms with Crippen molar-refractivity contribution in [3.63, 3.8) is 0 Å². The van der Waals surface area contributed by atoms with Gasteiger partial charge in [-0.25, -0.2) is 8.42 Å². The Balaban J connectivity index is 1.78. The third kappa shape index (κ3) is 4.53. The molecule has 4 bridgehead atoms. The van der Waals surface area contributed by atoms with Gasteiger partial charge in [-0.05, 0) is 50.4 Å². The van der Waals surface area contributed by atoms with E-state index in [9.17, 15) is 8.42 Å². The monoisotopic (exact) mass is 408 g/mol. The number of rotatable bonds is 2. The number of aryl methyl sites for hydroxylation is 1. The molecule has 0 saturated carbocycles. The van der Waals surface area contributed by atoms with E-state index in [4.69, 9.17) is 9.97 Å². The van der Waals surface area contributed by atoms with Crippen molar-refractivity contribution in [2.45, 2.75) is 38.0 Å². The highest BCUT2D eigenvalue weighted by molar-refractivity contribution is 7.89. The van der Waals surface area contributed by atoms with Gasteiger partial charge in [0.1, 0.15) is 0 Å². The molecule has 4 rings (SSSR count). The molecule has 3 aromatic rings. The molecule has 0 saturated heterocycles. The highest BCUT2D eigenvalue weighted by Gasteiger charge is 2.26. The second-order valence-corrected chi connectivity index (χ2v) is 9.44. The van der Waals surface area contributed by atoms with Crippen LogP contribution in [-0.2, 0) is 36.2 Å². The van der Waals surface area contributed by atoms with E-state index < -0.39 is 10.0 Å². The first-order valence-corrected chi connectivity index (χ1v) is 11.0. The van der Waals surface area contributed by atoms with Gasteiger partial charge in [-0.2, -0.15) is 4.31 Å². The van der Waals surface area contributed by atoms with Crippen molar-refractivity contribution in [3.05, 3.63) is 89.0 Å². The number of hydrogen-bond donors (Lipinski definition) is 0. The maximum Gasteiger partial charge on any atom is 0.243 e. The fraction of sp³-hybridized carbons (Fsp3) is 0.273. The Labute approximate surface area is 171 Å². The summed E-state index contributed by atoms with van der Waals surface area (Å²) < 4.78 is 28.3. The molecule has 3 heterocycles. The van der Waals surface area contributed by atoms with E-state index in [0.717, 1.165) is 28.3 Å². The van der Waals surface area contributed by atoms with E-state index >= 15 is 0 Å². The van der Waals surface area contributed by atoms with Crippen LogP contribution in [0.2, 0.25) is 0 Å². The van der Waals surface area contributed by atoms with E-state index in [1.54, 1.807) is 12.1 Å². The van der Waals surface area contributed by atoms with Crippen LogP contribution in [0.15, 0.2) is 65.6 Å². The number of nitrogens with zero attached hydrogens (tertiary/aromatic N) is 4. The van der Waals surface area contributed by atoms with Gasteiger partial charge in [-0.1, -0.05) is 29.8 Å². The molecule has 6 nitrogen and oxygen atoms in total. The molecule has 0 amide bonds. The maximum atomic E-state index is 13.4. The molecule has 1 aromatic carbocycles. The lowest BCUT2D eigenvalue weighted by Crippen LogP contribution is -2.31. The molecule has 1 aliphatic heterocycles. The number of hydrogen-bond acceptors (Lipinski definition) is 5. The summed E-state index contributed by atoms with van der Waals surface area (Å²) in [5, 5.41) is 0. The smallest absolute Gasteiger partial charge is 0.243 e. The van der Waals surface area contributed by atoms with Gasteiger partial charge in [-0.15, -0.1) is 0 Å². The SMILES string of the molecule is Cc1ccc(S(=O)(=O)N2Cc3cccc(n3)CN(C)Cc3cccc(n3)C2)cc1. The van der Waals surface area contributed by atoms with E-state index in [0.29, 0.717) is 13.1 Å². The molecule has 0 fully saturated rings. The predicted molar refractivity (Wildman–Crippen MR) is 111 cm³/mol. The quantitative estimate of drug-likeness (QED) is 0.652. The van der Waals surface area contributed by atoms with Crippen LogP contribution < -0.4 is 0 Å². The summed E-state index contributed by atoms with van der Waals surface area (Å²) in [5.41, 5.74) is 4.29. The number of fused-ring (bicyclic) bond motifs is 4. The fourth-order valence-corrected chi connectivity index (χ4v) is 4.85. The Morgan fingerprint density at radius 1 is 0.724 bits per heavy atom. The van der Waals surface area contributed by atoms with Crippen molar-refractivity contribution >= 4 is 10.0 Å². The van der Waals surface area contributed by atoms with Crippen molar-refractivity contribution in [1.29, 1.82) is 0 Å². The minimum absolute atomic E-state index is 0.194. The molecular formula is C22H24N4O2S. The lowest BCUT2D eigenvalue weighted by atomic mass is 10.2. The van der Waals surface area contributed by atoms with Gasteiger partial charge >= 0.3 is 0 Å². The lowest BCUT2D eigenvalue weighted by molar-refractivity contribution is 0.307. The summed E-state index contributed by atoms with van der Waals surface area (Å²) in [6.45, 7) is 3.67. The van der Waals surface area contributed by atoms with E-state index in [1.165, 1.54) is 4.31 Å². The first-order chi connectivity index (χ1) is 13.9. The van der Waals surface area contributed by atoms with Crippen molar-refractivity contribution in [2.24, 2.45) is 0 Å². The highest BCUT2D eigenvalue weighted by Crippen LogP contribution is 2.22. The lowest BCUT2D eigenvalue weighted by Gasteiger charge is -2.24. The maximum absolute atomic E-state index is 13.4. The van der Waals surface area contributed by atoms with Crippen LogP contribution in [0.3, 0.4) is 0 Å². The third-order valence-electron chi connectivity index (χ3n) is 4.93. The summed E-state index contributed by atoms with van der Waals surface area (Å²) >= 11 is 0. The van der Waals surface area contributed by atoms with E-state index in [1.807, 2.05) is 62.5 Å². The molecule has 0 atom stereocenters. The number of sulfonamides is 1. The van der Waals surface area contributed by atoms with Crippen molar-refractivity contribution in [1.82, 2.24) is 19.2 Å². The number of pyridine rings is 2. The van der Waals surface area contributed by atoms with Crippen molar-refractivity contribution in [2.75, 3.05) is 7.05 Å². The largest absolute Gasteiger partial charge is 0.295 e. The van der Waals surface area contributed by atoms with Crippen LogP contribution in [0.25, 0.3) is 0 Å². The Bertz CT molecular complexity index is 1060. The molecule has 0 radical (unpaired) electrons. The average molecular weight is 409 g/mol. The molecule has 29 heavy (non-hydrogen) atoms. The molecule has 150 valence electrons. The van der Waals surface area contributed by atoms with Crippen LogP contribution in [-0.4, -0.2) is 34.6 Å². The summed E-state index contributed by atoms with van der Waals surface area (Å²) in [7, 11) is -1.67. The van der Waals surface area contributed by atoms with Gasteiger partial charge in [0.25, 0.3) is 0 Å². The molecule has 0 aliphatic carbocycles. The molecular weight excluding hydrogens is 384 g/mol. The van der Waals surface area contributed by atoms with Crippen molar-refractivity contribution < 1.29 is 8.42 Å². The zero-order chi connectivity index (χ0) is 20.4. The predicted octanol–water partition coefficient (Wildman–Crippen LogP) is 3.12. The normalized spacial score (nSPS) is 16.1. The molecule has 2 aromatic heterocycles. The summed E-state index contributed by atoms with van der Waals surface area (Å²) in [4.78, 5) is 11.8. The summed E-state index contributed by atoms with van der Waals surface area (Å²) in [5.74, 6) is 0. The Morgan fingerprint density at radius 3 is 1.66 bits per heavy atom. The second kappa shape index (κ2) is 8.02. The molecule has 0 unspecified atom stereocenters. The van der Waals surface area contributed by atoms with Crippen LogP contribution in [0, 0.1) is 6.92 Å². The summed E-state index contributed by atoms with van der Waals surface area (Å²) in [6, 6.07) is 18.5. The van der Waals surface area contributed by atoms with Crippen LogP contribution in [0.1, 0.15) is 28.3 Å². The van der Waals surface area contributed by atoms with Crippen LogP contribution in [0.5, 0.6) is 0 Å². The second-order valence-electron chi connectivity index (χ2n) is 7.50.